The van der Waals surface area contributed by atoms with Gasteiger partial charge in [0.1, 0.15) is 5.82 Å². The smallest absolute Gasteiger partial charge is 0.224 e. The van der Waals surface area contributed by atoms with Crippen molar-refractivity contribution in [1.29, 1.82) is 0 Å². The van der Waals surface area contributed by atoms with Gasteiger partial charge in [-0.3, -0.25) is 0 Å². The summed E-state index contributed by atoms with van der Waals surface area (Å²) in [6, 6.07) is 0. The molecule has 1 fully saturated rings. The van der Waals surface area contributed by atoms with Crippen LogP contribution in [0.3, 0.4) is 0 Å². The van der Waals surface area contributed by atoms with Crippen LogP contribution in [-0.4, -0.2) is 35.8 Å². The number of hydrogen-bond donors (Lipinski definition) is 0. The minimum atomic E-state index is 0.307. The zero-order valence-electron chi connectivity index (χ0n) is 10.3. The number of aryl methyl sites for hydroxylation is 1. The monoisotopic (exact) mass is 255 g/mol. The number of rotatable bonds is 3. The zero-order valence-corrected chi connectivity index (χ0v) is 11.1. The average Bonchev–Trinajstić information content (AvgIpc) is 2.33. The van der Waals surface area contributed by atoms with Gasteiger partial charge in [-0.2, -0.15) is 0 Å². The molecule has 0 radical (unpaired) electrons. The van der Waals surface area contributed by atoms with Gasteiger partial charge in [-0.1, -0.05) is 0 Å². The van der Waals surface area contributed by atoms with Crippen molar-refractivity contribution in [2.24, 2.45) is 0 Å². The average molecular weight is 256 g/mol. The summed E-state index contributed by atoms with van der Waals surface area (Å²) in [5.41, 5.74) is 1.06. The lowest BCUT2D eigenvalue weighted by molar-refractivity contribution is 0.0525. The van der Waals surface area contributed by atoms with Crippen LogP contribution in [0.15, 0.2) is 6.20 Å². The van der Waals surface area contributed by atoms with Gasteiger partial charge in [0, 0.05) is 31.5 Å². The minimum absolute atomic E-state index is 0.307. The fourth-order valence-corrected chi connectivity index (χ4v) is 2.36. The highest BCUT2D eigenvalue weighted by atomic mass is 35.5. The lowest BCUT2D eigenvalue weighted by Gasteiger charge is -2.34. The maximum atomic E-state index is 5.85. The van der Waals surface area contributed by atoms with E-state index >= 15 is 0 Å². The van der Waals surface area contributed by atoms with Crippen LogP contribution in [0.25, 0.3) is 0 Å². The Morgan fingerprint density at radius 1 is 1.59 bits per heavy atom. The van der Waals surface area contributed by atoms with Crippen LogP contribution < -0.4 is 4.90 Å². The molecule has 5 heteroatoms. The summed E-state index contributed by atoms with van der Waals surface area (Å²) in [6.07, 6.45) is 4.34. The number of anilines is 1. The van der Waals surface area contributed by atoms with Crippen molar-refractivity contribution in [1.82, 2.24) is 9.97 Å². The van der Waals surface area contributed by atoms with Crippen LogP contribution in [0.2, 0.25) is 5.28 Å². The van der Waals surface area contributed by atoms with Crippen molar-refractivity contribution in [3.63, 3.8) is 0 Å². The van der Waals surface area contributed by atoms with Gasteiger partial charge < -0.3 is 9.64 Å². The quantitative estimate of drug-likeness (QED) is 0.778. The van der Waals surface area contributed by atoms with Crippen molar-refractivity contribution in [2.75, 3.05) is 24.6 Å². The van der Waals surface area contributed by atoms with Gasteiger partial charge in [-0.05, 0) is 38.3 Å². The second-order valence-electron chi connectivity index (χ2n) is 4.31. The molecule has 0 N–H and O–H groups in total. The van der Waals surface area contributed by atoms with E-state index in [0.29, 0.717) is 11.4 Å². The first-order valence-electron chi connectivity index (χ1n) is 6.06. The van der Waals surface area contributed by atoms with Gasteiger partial charge in [0.25, 0.3) is 0 Å². The highest BCUT2D eigenvalue weighted by Crippen LogP contribution is 2.23. The van der Waals surface area contributed by atoms with E-state index in [0.717, 1.165) is 43.9 Å². The van der Waals surface area contributed by atoms with Gasteiger partial charge >= 0.3 is 0 Å². The van der Waals surface area contributed by atoms with E-state index in [-0.39, 0.29) is 0 Å². The number of hydrogen-bond acceptors (Lipinski definition) is 4. The molecule has 0 aliphatic carbocycles. The van der Waals surface area contributed by atoms with Crippen LogP contribution in [0.5, 0.6) is 0 Å². The molecule has 1 aromatic rings. The molecule has 2 heterocycles. The molecular weight excluding hydrogens is 238 g/mol. The summed E-state index contributed by atoms with van der Waals surface area (Å²) in [5.74, 6) is 0.939. The Balaban J connectivity index is 2.13. The SMILES string of the molecule is CCOC1CCCN(c2nc(Cl)ncc2C)C1. The third-order valence-electron chi connectivity index (χ3n) is 3.00. The van der Waals surface area contributed by atoms with Gasteiger partial charge in [-0.25, -0.2) is 9.97 Å². The topological polar surface area (TPSA) is 38.2 Å². The summed E-state index contributed by atoms with van der Waals surface area (Å²) >= 11 is 5.85. The van der Waals surface area contributed by atoms with E-state index in [1.165, 1.54) is 0 Å². The van der Waals surface area contributed by atoms with Crippen LogP contribution in [0.4, 0.5) is 5.82 Å². The molecule has 94 valence electrons. The number of halogens is 1. The van der Waals surface area contributed by atoms with Crippen molar-refractivity contribution in [3.05, 3.63) is 17.0 Å². The lowest BCUT2D eigenvalue weighted by Crippen LogP contribution is -2.40. The highest BCUT2D eigenvalue weighted by molar-refractivity contribution is 6.28. The molecule has 0 spiro atoms. The molecule has 0 saturated carbocycles. The van der Waals surface area contributed by atoms with Crippen LogP contribution in [0.1, 0.15) is 25.3 Å². The molecular formula is C12H18ClN3O. The molecule has 0 aromatic carbocycles. The first-order valence-corrected chi connectivity index (χ1v) is 6.44. The molecule has 1 atom stereocenters. The third-order valence-corrected chi connectivity index (χ3v) is 3.18. The first-order chi connectivity index (χ1) is 8.20. The fraction of sp³-hybridized carbons (Fsp3) is 0.667. The van der Waals surface area contributed by atoms with E-state index < -0.39 is 0 Å². The Morgan fingerprint density at radius 2 is 2.41 bits per heavy atom. The summed E-state index contributed by atoms with van der Waals surface area (Å²) < 4.78 is 5.69. The van der Waals surface area contributed by atoms with E-state index in [4.69, 9.17) is 16.3 Å². The van der Waals surface area contributed by atoms with Gasteiger partial charge in [0.05, 0.1) is 6.10 Å². The number of piperidine rings is 1. The van der Waals surface area contributed by atoms with E-state index in [1.807, 2.05) is 13.8 Å². The molecule has 0 amide bonds. The molecule has 2 rings (SSSR count). The summed E-state index contributed by atoms with van der Waals surface area (Å²) in [6.45, 7) is 6.71. The Bertz CT molecular complexity index is 384. The van der Waals surface area contributed by atoms with E-state index in [2.05, 4.69) is 14.9 Å². The van der Waals surface area contributed by atoms with Crippen molar-refractivity contribution in [3.8, 4) is 0 Å². The van der Waals surface area contributed by atoms with Crippen molar-refractivity contribution >= 4 is 17.4 Å². The Hall–Kier alpha value is -0.870. The summed E-state index contributed by atoms with van der Waals surface area (Å²) in [5, 5.41) is 0.309. The van der Waals surface area contributed by atoms with Crippen LogP contribution >= 0.6 is 11.6 Å². The molecule has 4 nitrogen and oxygen atoms in total. The van der Waals surface area contributed by atoms with Crippen molar-refractivity contribution < 1.29 is 4.74 Å². The normalized spacial score (nSPS) is 20.6. The number of aromatic nitrogens is 2. The maximum absolute atomic E-state index is 5.85. The molecule has 1 unspecified atom stereocenters. The minimum Gasteiger partial charge on any atom is -0.377 e. The van der Waals surface area contributed by atoms with E-state index in [9.17, 15) is 0 Å². The van der Waals surface area contributed by atoms with Gasteiger partial charge in [0.2, 0.25) is 5.28 Å². The Morgan fingerprint density at radius 3 is 3.18 bits per heavy atom. The molecule has 1 saturated heterocycles. The fourth-order valence-electron chi connectivity index (χ4n) is 2.23. The number of ether oxygens (including phenoxy) is 1. The summed E-state index contributed by atoms with van der Waals surface area (Å²) in [4.78, 5) is 10.5. The maximum Gasteiger partial charge on any atom is 0.224 e. The first kappa shape index (κ1) is 12.6. The molecule has 1 aliphatic rings. The summed E-state index contributed by atoms with van der Waals surface area (Å²) in [7, 11) is 0. The predicted molar refractivity (Wildman–Crippen MR) is 68.6 cm³/mol. The second-order valence-corrected chi connectivity index (χ2v) is 4.65. The van der Waals surface area contributed by atoms with Crippen LogP contribution in [0, 0.1) is 6.92 Å². The third kappa shape index (κ3) is 3.07. The van der Waals surface area contributed by atoms with E-state index in [1.54, 1.807) is 6.20 Å². The standard InChI is InChI=1S/C12H18ClN3O/c1-3-17-10-5-4-6-16(8-10)11-9(2)7-14-12(13)15-11/h7,10H,3-6,8H2,1-2H3. The van der Waals surface area contributed by atoms with Gasteiger partial charge in [0.15, 0.2) is 0 Å². The zero-order chi connectivity index (χ0) is 12.3. The Labute approximate surface area is 107 Å². The molecule has 1 aliphatic heterocycles. The molecule has 0 bridgehead atoms. The lowest BCUT2D eigenvalue weighted by atomic mass is 10.1. The molecule has 17 heavy (non-hydrogen) atoms. The predicted octanol–water partition coefficient (Wildman–Crippen LogP) is 2.44. The number of nitrogens with zero attached hydrogens (tertiary/aromatic N) is 3. The highest BCUT2D eigenvalue weighted by Gasteiger charge is 2.22. The largest absolute Gasteiger partial charge is 0.377 e. The van der Waals surface area contributed by atoms with Crippen molar-refractivity contribution in [2.45, 2.75) is 32.8 Å². The Kier molecular flexibility index (Phi) is 4.18. The molecule has 1 aromatic heterocycles. The van der Waals surface area contributed by atoms with Gasteiger partial charge in [-0.15, -0.1) is 0 Å². The second kappa shape index (κ2) is 5.65. The van der Waals surface area contributed by atoms with Crippen LogP contribution in [-0.2, 0) is 4.74 Å².